The monoisotopic (exact) mass is 373 g/mol. The van der Waals surface area contributed by atoms with Gasteiger partial charge < -0.3 is 14.5 Å². The summed E-state index contributed by atoms with van der Waals surface area (Å²) in [5.74, 6) is 0.0666. The molecular weight excluding hydrogens is 353 g/mol. The van der Waals surface area contributed by atoms with E-state index in [0.29, 0.717) is 0 Å². The minimum atomic E-state index is -0.210. The van der Waals surface area contributed by atoms with E-state index in [-0.39, 0.29) is 23.9 Å². The van der Waals surface area contributed by atoms with Gasteiger partial charge in [-0.25, -0.2) is 4.39 Å². The summed E-state index contributed by atoms with van der Waals surface area (Å²) in [7, 11) is 0. The van der Waals surface area contributed by atoms with Crippen LogP contribution < -0.4 is 5.32 Å². The molecule has 0 amide bonds. The Morgan fingerprint density at radius 1 is 0.929 bits per heavy atom. The van der Waals surface area contributed by atoms with Gasteiger partial charge in [0.1, 0.15) is 17.0 Å². The molecule has 4 aromatic rings. The number of ether oxygens (including phenoxy) is 1. The number of anilines is 1. The number of halogens is 1. The van der Waals surface area contributed by atoms with Gasteiger partial charge in [-0.15, -0.1) is 0 Å². The largest absolute Gasteiger partial charge is 0.456 e. The Labute approximate surface area is 162 Å². The van der Waals surface area contributed by atoms with Crippen LogP contribution in [0.4, 0.5) is 10.1 Å². The molecule has 1 aromatic heterocycles. The molecular formula is C24H20FNO2. The maximum atomic E-state index is 13.9. The first-order chi connectivity index (χ1) is 13.8. The van der Waals surface area contributed by atoms with Crippen molar-refractivity contribution in [1.82, 2.24) is 0 Å². The van der Waals surface area contributed by atoms with E-state index >= 15 is 0 Å². The van der Waals surface area contributed by atoms with Gasteiger partial charge >= 0.3 is 0 Å². The van der Waals surface area contributed by atoms with Crippen molar-refractivity contribution < 1.29 is 13.5 Å². The molecule has 3 aromatic carbocycles. The van der Waals surface area contributed by atoms with E-state index < -0.39 is 0 Å². The number of rotatable bonds is 1. The third-order valence-corrected chi connectivity index (χ3v) is 6.19. The number of fused-ring (bicyclic) bond motifs is 6. The number of nitrogens with one attached hydrogen (secondary N) is 1. The van der Waals surface area contributed by atoms with Crippen LogP contribution >= 0.6 is 0 Å². The number of hydrogen-bond donors (Lipinski definition) is 1. The predicted octanol–water partition coefficient (Wildman–Crippen LogP) is 6.36. The van der Waals surface area contributed by atoms with Crippen LogP contribution in [0.25, 0.3) is 21.9 Å². The Morgan fingerprint density at radius 3 is 2.79 bits per heavy atom. The fourth-order valence-electron chi connectivity index (χ4n) is 4.91. The van der Waals surface area contributed by atoms with Gasteiger partial charge in [0.2, 0.25) is 0 Å². The highest BCUT2D eigenvalue weighted by atomic mass is 19.1. The molecule has 2 aliphatic rings. The van der Waals surface area contributed by atoms with E-state index in [1.54, 1.807) is 6.07 Å². The van der Waals surface area contributed by atoms with Gasteiger partial charge in [-0.05, 0) is 54.8 Å². The molecule has 1 fully saturated rings. The lowest BCUT2D eigenvalue weighted by atomic mass is 9.77. The van der Waals surface area contributed by atoms with Gasteiger partial charge in [-0.3, -0.25) is 0 Å². The van der Waals surface area contributed by atoms with E-state index in [4.69, 9.17) is 9.15 Å². The normalized spacial score (nSPS) is 24.0. The maximum absolute atomic E-state index is 13.9. The van der Waals surface area contributed by atoms with Crippen molar-refractivity contribution in [1.29, 1.82) is 0 Å². The smallest absolute Gasteiger partial charge is 0.135 e. The molecule has 1 saturated heterocycles. The van der Waals surface area contributed by atoms with Crippen molar-refractivity contribution in [2.24, 2.45) is 5.92 Å². The number of hydrogen-bond acceptors (Lipinski definition) is 3. The summed E-state index contributed by atoms with van der Waals surface area (Å²) in [4.78, 5) is 0. The highest BCUT2D eigenvalue weighted by molar-refractivity contribution is 6.05. The quantitative estimate of drug-likeness (QED) is 0.421. The Hall–Kier alpha value is -2.85. The number of furan rings is 1. The molecule has 1 N–H and O–H groups in total. The summed E-state index contributed by atoms with van der Waals surface area (Å²) in [6.07, 6.45) is 2.02. The topological polar surface area (TPSA) is 34.4 Å². The minimum absolute atomic E-state index is 0.0671. The second-order valence-electron chi connectivity index (χ2n) is 7.80. The lowest BCUT2D eigenvalue weighted by molar-refractivity contribution is -0.0382. The molecule has 0 unspecified atom stereocenters. The van der Waals surface area contributed by atoms with E-state index in [1.165, 1.54) is 11.6 Å². The summed E-state index contributed by atoms with van der Waals surface area (Å²) in [5.41, 5.74) is 4.93. The van der Waals surface area contributed by atoms with Crippen LogP contribution in [0.5, 0.6) is 0 Å². The van der Waals surface area contributed by atoms with E-state index in [0.717, 1.165) is 52.6 Å². The van der Waals surface area contributed by atoms with Crippen LogP contribution in [-0.2, 0) is 4.74 Å². The SMILES string of the molecule is Fc1ccc2c(c1)[C@@H]1OCCC[C@H]1[C@@H](c1ccc3oc4ccccc4c3c1)N2. The van der Waals surface area contributed by atoms with Gasteiger partial charge in [0.25, 0.3) is 0 Å². The average molecular weight is 373 g/mol. The van der Waals surface area contributed by atoms with E-state index in [9.17, 15) is 4.39 Å². The van der Waals surface area contributed by atoms with Gasteiger partial charge in [-0.1, -0.05) is 24.3 Å². The van der Waals surface area contributed by atoms with Crippen molar-refractivity contribution in [3.05, 3.63) is 77.6 Å². The van der Waals surface area contributed by atoms with Crippen molar-refractivity contribution in [3.63, 3.8) is 0 Å². The van der Waals surface area contributed by atoms with Gasteiger partial charge in [-0.2, -0.15) is 0 Å². The molecule has 2 aliphatic heterocycles. The van der Waals surface area contributed by atoms with Crippen LogP contribution in [-0.4, -0.2) is 6.61 Å². The van der Waals surface area contributed by atoms with Crippen LogP contribution in [0.3, 0.4) is 0 Å². The molecule has 0 spiro atoms. The average Bonchev–Trinajstić information content (AvgIpc) is 3.11. The fraction of sp³-hybridized carbons (Fsp3) is 0.250. The fourth-order valence-corrected chi connectivity index (χ4v) is 4.91. The Morgan fingerprint density at radius 2 is 1.82 bits per heavy atom. The summed E-state index contributed by atoms with van der Waals surface area (Å²) in [5, 5.41) is 5.93. The molecule has 6 rings (SSSR count). The van der Waals surface area contributed by atoms with Crippen LogP contribution in [0.2, 0.25) is 0 Å². The first kappa shape index (κ1) is 16.1. The number of benzene rings is 3. The molecule has 0 radical (unpaired) electrons. The third kappa shape index (κ3) is 2.38. The summed E-state index contributed by atoms with van der Waals surface area (Å²) < 4.78 is 26.0. The van der Waals surface area contributed by atoms with Crippen molar-refractivity contribution in [2.45, 2.75) is 25.0 Å². The number of para-hydroxylation sites is 1. The molecule has 0 saturated carbocycles. The molecule has 140 valence electrons. The summed E-state index contributed by atoms with van der Waals surface area (Å²) in [6, 6.07) is 19.7. The second-order valence-corrected chi connectivity index (χ2v) is 7.80. The van der Waals surface area contributed by atoms with Crippen LogP contribution in [0, 0.1) is 11.7 Å². The molecule has 0 aliphatic carbocycles. The second kappa shape index (κ2) is 6.08. The standard InChI is InChI=1S/C24H20FNO2/c25-15-8-9-20-19(13-15)24-17(5-3-11-27-24)23(26-20)14-7-10-22-18(12-14)16-4-1-2-6-21(16)28-22/h1-2,4,6-10,12-13,17,23-24,26H,3,5,11H2/t17-,23+,24+/m0/s1. The zero-order valence-corrected chi connectivity index (χ0v) is 15.3. The van der Waals surface area contributed by atoms with Gasteiger partial charge in [0, 0.05) is 34.5 Å². The third-order valence-electron chi connectivity index (χ3n) is 6.19. The van der Waals surface area contributed by atoms with Crippen molar-refractivity contribution >= 4 is 27.6 Å². The van der Waals surface area contributed by atoms with Crippen LogP contribution in [0.15, 0.2) is 65.1 Å². The zero-order valence-electron chi connectivity index (χ0n) is 15.3. The van der Waals surface area contributed by atoms with Crippen molar-refractivity contribution in [3.8, 4) is 0 Å². The first-order valence-electron chi connectivity index (χ1n) is 9.87. The Balaban J connectivity index is 1.49. The highest BCUT2D eigenvalue weighted by Crippen LogP contribution is 2.49. The van der Waals surface area contributed by atoms with Gasteiger partial charge in [0.05, 0.1) is 12.1 Å². The van der Waals surface area contributed by atoms with Crippen LogP contribution in [0.1, 0.15) is 36.1 Å². The molecule has 0 bridgehead atoms. The minimum Gasteiger partial charge on any atom is -0.456 e. The Bertz CT molecular complexity index is 1200. The maximum Gasteiger partial charge on any atom is 0.135 e. The first-order valence-corrected chi connectivity index (χ1v) is 9.87. The van der Waals surface area contributed by atoms with Crippen molar-refractivity contribution in [2.75, 3.05) is 11.9 Å². The zero-order chi connectivity index (χ0) is 18.7. The summed E-state index contributed by atoms with van der Waals surface area (Å²) >= 11 is 0. The highest BCUT2D eigenvalue weighted by Gasteiger charge is 2.40. The summed E-state index contributed by atoms with van der Waals surface area (Å²) in [6.45, 7) is 0.731. The van der Waals surface area contributed by atoms with E-state index in [1.807, 2.05) is 24.3 Å². The predicted molar refractivity (Wildman–Crippen MR) is 108 cm³/mol. The molecule has 3 heterocycles. The molecule has 4 heteroatoms. The molecule has 3 atom stereocenters. The molecule has 3 nitrogen and oxygen atoms in total. The lowest BCUT2D eigenvalue weighted by Crippen LogP contribution is -2.36. The lowest BCUT2D eigenvalue weighted by Gasteiger charge is -2.43. The Kier molecular flexibility index (Phi) is 3.50. The van der Waals surface area contributed by atoms with Gasteiger partial charge in [0.15, 0.2) is 0 Å². The van der Waals surface area contributed by atoms with E-state index in [2.05, 4.69) is 29.6 Å². The molecule has 28 heavy (non-hydrogen) atoms.